The van der Waals surface area contributed by atoms with Gasteiger partial charge in [0.05, 0.1) is 0 Å². The minimum Gasteiger partial charge on any atom is -0.511 e. The van der Waals surface area contributed by atoms with Crippen molar-refractivity contribution in [3.8, 4) is 0 Å². The van der Waals surface area contributed by atoms with Crippen molar-refractivity contribution >= 4 is 0 Å². The minimum absolute atomic E-state index is 0. The Morgan fingerprint density at radius 2 is 0.800 bits per heavy atom. The van der Waals surface area contributed by atoms with Crippen molar-refractivity contribution in [1.29, 1.82) is 0 Å². The predicted octanol–water partition coefficient (Wildman–Crippen LogP) is 0.906. The van der Waals surface area contributed by atoms with Gasteiger partial charge in [0.2, 0.25) is 0 Å². The third kappa shape index (κ3) is 5.71. The number of rotatable bonds is 0. The summed E-state index contributed by atoms with van der Waals surface area (Å²) in [6.45, 7) is 4.00. The molecule has 0 spiro atoms. The molecule has 2 heterocycles. The van der Waals surface area contributed by atoms with E-state index in [1.807, 2.05) is 85.9 Å². The molecule has 2 aliphatic heterocycles. The Labute approximate surface area is 106 Å². The van der Waals surface area contributed by atoms with Crippen molar-refractivity contribution in [3.05, 3.63) is 38.1 Å². The van der Waals surface area contributed by atoms with Gasteiger partial charge in [0.1, 0.15) is 0 Å². The summed E-state index contributed by atoms with van der Waals surface area (Å²) in [4.78, 5) is 8.00. The largest absolute Gasteiger partial charge is 2.00 e. The normalized spacial score (nSPS) is 17.9. The Bertz CT molecular complexity index is 185. The molecule has 4 nitrogen and oxygen atoms in total. The van der Waals surface area contributed by atoms with Crippen molar-refractivity contribution in [3.63, 3.8) is 0 Å². The summed E-state index contributed by atoms with van der Waals surface area (Å²) in [6.07, 6.45) is 8.00. The van der Waals surface area contributed by atoms with Crippen LogP contribution in [0, 0.1) is 13.3 Å². The van der Waals surface area contributed by atoms with E-state index < -0.39 is 0 Å². The SMILES string of the molecule is CN1C=CN(C)[CH-]1.CN1C=CN(C)[CH-]1.[Pd+2]. The van der Waals surface area contributed by atoms with Gasteiger partial charge in [0.25, 0.3) is 0 Å². The van der Waals surface area contributed by atoms with Gasteiger partial charge >= 0.3 is 20.4 Å². The van der Waals surface area contributed by atoms with E-state index in [4.69, 9.17) is 0 Å². The second-order valence-electron chi connectivity index (χ2n) is 3.49. The van der Waals surface area contributed by atoms with Crippen molar-refractivity contribution in [2.24, 2.45) is 0 Å². The Morgan fingerprint density at radius 3 is 0.867 bits per heavy atom. The van der Waals surface area contributed by atoms with Crippen LogP contribution in [0.2, 0.25) is 0 Å². The van der Waals surface area contributed by atoms with Gasteiger partial charge in [-0.3, -0.25) is 0 Å². The first-order valence-electron chi connectivity index (χ1n) is 4.52. The predicted molar refractivity (Wildman–Crippen MR) is 57.9 cm³/mol. The summed E-state index contributed by atoms with van der Waals surface area (Å²) in [7, 11) is 8.00. The summed E-state index contributed by atoms with van der Waals surface area (Å²) < 4.78 is 0. The van der Waals surface area contributed by atoms with Gasteiger partial charge in [-0.25, -0.2) is 0 Å². The molecule has 88 valence electrons. The molecule has 2 aliphatic rings. The van der Waals surface area contributed by atoms with Crippen LogP contribution in [0.15, 0.2) is 24.8 Å². The Kier molecular flexibility index (Phi) is 6.46. The molecule has 5 heteroatoms. The molecule has 2 rings (SSSR count). The van der Waals surface area contributed by atoms with Gasteiger partial charge in [0, 0.05) is 0 Å². The maximum Gasteiger partial charge on any atom is 2.00 e. The van der Waals surface area contributed by atoms with E-state index in [-0.39, 0.29) is 20.4 Å². The summed E-state index contributed by atoms with van der Waals surface area (Å²) in [5, 5.41) is 0. The zero-order chi connectivity index (χ0) is 10.6. The third-order valence-corrected chi connectivity index (χ3v) is 1.80. The van der Waals surface area contributed by atoms with E-state index in [2.05, 4.69) is 0 Å². The van der Waals surface area contributed by atoms with E-state index in [1.165, 1.54) is 0 Å². The first-order chi connectivity index (χ1) is 6.58. The van der Waals surface area contributed by atoms with Gasteiger partial charge in [-0.1, -0.05) is 0 Å². The molecule has 0 saturated heterocycles. The average Bonchev–Trinajstić information content (AvgIpc) is 2.63. The van der Waals surface area contributed by atoms with Crippen LogP contribution >= 0.6 is 0 Å². The van der Waals surface area contributed by atoms with Crippen LogP contribution in [-0.4, -0.2) is 47.8 Å². The molecule has 0 fully saturated rings. The Hall–Kier alpha value is -0.658. The van der Waals surface area contributed by atoms with Crippen LogP contribution in [0.5, 0.6) is 0 Å². The van der Waals surface area contributed by atoms with Crippen LogP contribution in [0.1, 0.15) is 0 Å². The van der Waals surface area contributed by atoms with E-state index in [0.717, 1.165) is 0 Å². The molecule has 0 saturated carbocycles. The summed E-state index contributed by atoms with van der Waals surface area (Å²) in [6, 6.07) is 0. The van der Waals surface area contributed by atoms with E-state index in [1.54, 1.807) is 0 Å². The molecule has 0 aromatic heterocycles. The van der Waals surface area contributed by atoms with Crippen molar-refractivity contribution in [2.45, 2.75) is 0 Å². The minimum atomic E-state index is 0. The number of hydrogen-bond donors (Lipinski definition) is 0. The fraction of sp³-hybridized carbons (Fsp3) is 0.400. The molecular formula is C10H18N4Pd. The topological polar surface area (TPSA) is 13.0 Å². The van der Waals surface area contributed by atoms with E-state index in [9.17, 15) is 0 Å². The van der Waals surface area contributed by atoms with Gasteiger partial charge in [-0.15, -0.1) is 0 Å². The van der Waals surface area contributed by atoms with Gasteiger partial charge in [0.15, 0.2) is 0 Å². The summed E-state index contributed by atoms with van der Waals surface area (Å²) in [5.74, 6) is 0. The molecule has 0 amide bonds. The quantitative estimate of drug-likeness (QED) is 0.487. The smallest absolute Gasteiger partial charge is 0.511 e. The maximum absolute atomic E-state index is 2.00. The number of hydrogen-bond acceptors (Lipinski definition) is 4. The molecule has 0 radical (unpaired) electrons. The third-order valence-electron chi connectivity index (χ3n) is 1.80. The molecule has 0 unspecified atom stereocenters. The molecule has 0 atom stereocenters. The first kappa shape index (κ1) is 14.3. The van der Waals surface area contributed by atoms with Crippen LogP contribution in [0.3, 0.4) is 0 Å². The van der Waals surface area contributed by atoms with E-state index in [0.29, 0.717) is 0 Å². The molecule has 0 aromatic rings. The first-order valence-corrected chi connectivity index (χ1v) is 4.52. The zero-order valence-electron chi connectivity index (χ0n) is 9.57. The second-order valence-corrected chi connectivity index (χ2v) is 3.49. The van der Waals surface area contributed by atoms with Crippen molar-refractivity contribution < 1.29 is 20.4 Å². The fourth-order valence-corrected chi connectivity index (χ4v) is 1.15. The number of nitrogens with zero attached hydrogens (tertiary/aromatic N) is 4. The Balaban J connectivity index is 0.000000245. The molecular weight excluding hydrogens is 283 g/mol. The molecule has 0 bridgehead atoms. The van der Waals surface area contributed by atoms with Crippen molar-refractivity contribution in [1.82, 2.24) is 19.6 Å². The van der Waals surface area contributed by atoms with E-state index >= 15 is 0 Å². The average molecular weight is 301 g/mol. The van der Waals surface area contributed by atoms with Crippen LogP contribution in [-0.2, 0) is 20.4 Å². The standard InChI is InChI=1S/2C5H9N2.Pd/c2*1-6-3-4-7(2)5-6;/h2*3-5H,1-2H3;/q2*-1;+2. The second kappa shape index (κ2) is 6.76. The maximum atomic E-state index is 2.00. The van der Waals surface area contributed by atoms with Crippen LogP contribution in [0.4, 0.5) is 0 Å². The van der Waals surface area contributed by atoms with Gasteiger partial charge in [-0.2, -0.15) is 13.3 Å². The van der Waals surface area contributed by atoms with Gasteiger partial charge in [-0.05, 0) is 53.0 Å². The zero-order valence-corrected chi connectivity index (χ0v) is 11.1. The molecule has 0 aliphatic carbocycles. The summed E-state index contributed by atoms with van der Waals surface area (Å²) >= 11 is 0. The van der Waals surface area contributed by atoms with Crippen molar-refractivity contribution in [2.75, 3.05) is 28.2 Å². The molecule has 15 heavy (non-hydrogen) atoms. The Morgan fingerprint density at radius 1 is 0.600 bits per heavy atom. The van der Waals surface area contributed by atoms with Crippen LogP contribution in [0.25, 0.3) is 0 Å². The fourth-order valence-electron chi connectivity index (χ4n) is 1.15. The molecule has 0 N–H and O–H groups in total. The summed E-state index contributed by atoms with van der Waals surface area (Å²) in [5.41, 5.74) is 0. The molecule has 0 aromatic carbocycles. The monoisotopic (exact) mass is 300 g/mol. The van der Waals surface area contributed by atoms with Gasteiger partial charge < -0.3 is 19.6 Å². The van der Waals surface area contributed by atoms with Crippen LogP contribution < -0.4 is 0 Å².